The van der Waals surface area contributed by atoms with Crippen LogP contribution in [0.5, 0.6) is 0 Å². The first-order valence-corrected chi connectivity index (χ1v) is 31.1. The maximum atomic E-state index is 3.58. The summed E-state index contributed by atoms with van der Waals surface area (Å²) in [6.45, 7) is 0. The highest BCUT2D eigenvalue weighted by Gasteiger charge is 2.20. The average Bonchev–Trinajstić information content (AvgIpc) is 2.56. The Kier molecular flexibility index (Phi) is 13.7. The molecule has 18 rings (SSSR count). The van der Waals surface area contributed by atoms with Crippen LogP contribution in [0.1, 0.15) is 0 Å². The lowest BCUT2D eigenvalue weighted by Gasteiger charge is -2.26. The number of aromatic nitrogens is 2. The van der Waals surface area contributed by atoms with Gasteiger partial charge in [0.25, 0.3) is 0 Å². The first-order chi connectivity index (χ1) is 44.1. The minimum absolute atomic E-state index is 1.10. The number of fused-ring (bicyclic) bond motifs is 18. The smallest absolute Gasteiger partial charge is 0.0561 e. The second-order valence-corrected chi connectivity index (χ2v) is 23.5. The van der Waals surface area contributed by atoms with Crippen LogP contribution in [-0.4, -0.2) is 9.13 Å². The molecular weight excluding hydrogens is 1140 g/mol. The quantitative estimate of drug-likeness (QED) is 0.161. The second kappa shape index (κ2) is 22.9. The highest BCUT2D eigenvalue weighted by molar-refractivity contribution is 9.10. The Balaban J connectivity index is 0.000000119. The van der Waals surface area contributed by atoms with Gasteiger partial charge in [-0.25, -0.2) is 0 Å². The van der Waals surface area contributed by atoms with E-state index < -0.39 is 0 Å². The van der Waals surface area contributed by atoms with Gasteiger partial charge in [0, 0.05) is 65.8 Å². The van der Waals surface area contributed by atoms with Crippen LogP contribution in [0.25, 0.3) is 120 Å². The Labute approximate surface area is 524 Å². The molecule has 0 unspecified atom stereocenters. The van der Waals surface area contributed by atoms with Crippen molar-refractivity contribution in [3.63, 3.8) is 0 Å². The summed E-state index contributed by atoms with van der Waals surface area (Å²) in [7, 11) is 0. The number of hydrogen-bond donors (Lipinski definition) is 1. The molecule has 2 aromatic heterocycles. The molecule has 4 nitrogen and oxygen atoms in total. The van der Waals surface area contributed by atoms with Gasteiger partial charge in [0.05, 0.1) is 22.1 Å². The molecular formula is C84H57BrN4. The van der Waals surface area contributed by atoms with Crippen LogP contribution in [0.2, 0.25) is 0 Å². The highest BCUT2D eigenvalue weighted by Crippen LogP contribution is 2.44. The summed E-state index contributed by atoms with van der Waals surface area (Å²) in [5, 5.41) is 24.1. The Morgan fingerprint density at radius 3 is 1.02 bits per heavy atom. The predicted octanol–water partition coefficient (Wildman–Crippen LogP) is 24.1. The zero-order chi connectivity index (χ0) is 59.2. The summed E-state index contributed by atoms with van der Waals surface area (Å²) in [6, 6.07) is 121. The monoisotopic (exact) mass is 1200 g/mol. The average molecular weight is 1200 g/mol. The standard InChI is InChI=1S/C42H28N2.C24H17N.C18H12BrN/c1-3-13-29(14-4-1)43(31-23-25-37-35-19-8-7-17-33(35)34-18-9-10-20-36(34)40(37)27-31)32-24-26-39-38-21-11-12-22-41(38)44(42(39)28-32)30-15-5-2-6-16-30;1-2-8-17(9-3-1)25-18-14-15-23-21-12-5-4-10-19(21)20-11-6-7-13-22(20)24(23)16-18;19-13-10-11-16-15-8-4-5-9-17(15)20(18(16)12-13)14-6-2-1-3-7-14/h1-28H;1-16,25H;1-12H. The van der Waals surface area contributed by atoms with Crippen LogP contribution in [0.4, 0.5) is 28.4 Å². The van der Waals surface area contributed by atoms with Gasteiger partial charge in [-0.2, -0.15) is 0 Å². The third kappa shape index (κ3) is 9.66. The van der Waals surface area contributed by atoms with E-state index in [4.69, 9.17) is 0 Å². The number of halogens is 1. The predicted molar refractivity (Wildman–Crippen MR) is 385 cm³/mol. The van der Waals surface area contributed by atoms with Crippen molar-refractivity contribution in [1.82, 2.24) is 9.13 Å². The molecule has 0 aliphatic carbocycles. The van der Waals surface area contributed by atoms with Crippen molar-refractivity contribution in [2.75, 3.05) is 10.2 Å². The molecule has 0 aliphatic heterocycles. The van der Waals surface area contributed by atoms with Crippen molar-refractivity contribution < 1.29 is 0 Å². The van der Waals surface area contributed by atoms with Gasteiger partial charge < -0.3 is 19.4 Å². The number of anilines is 5. The fraction of sp³-hybridized carbons (Fsp3) is 0. The lowest BCUT2D eigenvalue weighted by atomic mass is 9.94. The number of rotatable bonds is 7. The molecule has 0 bridgehead atoms. The lowest BCUT2D eigenvalue weighted by Crippen LogP contribution is -2.10. The van der Waals surface area contributed by atoms with E-state index >= 15 is 0 Å². The van der Waals surface area contributed by atoms with Crippen LogP contribution in [0, 0.1) is 0 Å². The van der Waals surface area contributed by atoms with Gasteiger partial charge in [-0.05, 0) is 174 Å². The number of nitrogens with zero attached hydrogens (tertiary/aromatic N) is 3. The third-order valence-corrected chi connectivity index (χ3v) is 17.9. The van der Waals surface area contributed by atoms with Crippen LogP contribution < -0.4 is 10.2 Å². The third-order valence-electron chi connectivity index (χ3n) is 17.4. The molecule has 0 fully saturated rings. The summed E-state index contributed by atoms with van der Waals surface area (Å²) >= 11 is 3.58. The van der Waals surface area contributed by atoms with Gasteiger partial charge in [-0.15, -0.1) is 0 Å². The summed E-state index contributed by atoms with van der Waals surface area (Å²) < 4.78 is 5.80. The normalized spacial score (nSPS) is 11.4. The number of hydrogen-bond acceptors (Lipinski definition) is 2. The van der Waals surface area contributed by atoms with Crippen molar-refractivity contribution in [2.24, 2.45) is 0 Å². The fourth-order valence-electron chi connectivity index (χ4n) is 13.5. The van der Waals surface area contributed by atoms with Gasteiger partial charge in [0.15, 0.2) is 0 Å². The molecule has 0 radical (unpaired) electrons. The summed E-state index contributed by atoms with van der Waals surface area (Å²) in [5.41, 5.74) is 12.8. The van der Waals surface area contributed by atoms with Crippen LogP contribution in [0.15, 0.2) is 344 Å². The second-order valence-electron chi connectivity index (χ2n) is 22.6. The molecule has 1 N–H and O–H groups in total. The minimum atomic E-state index is 1.10. The highest BCUT2D eigenvalue weighted by atomic mass is 79.9. The van der Waals surface area contributed by atoms with E-state index in [0.717, 1.165) is 38.6 Å². The maximum Gasteiger partial charge on any atom is 0.0561 e. The molecule has 0 amide bonds. The van der Waals surface area contributed by atoms with Crippen molar-refractivity contribution in [1.29, 1.82) is 0 Å². The summed E-state index contributed by atoms with van der Waals surface area (Å²) in [5.74, 6) is 0. The fourth-order valence-corrected chi connectivity index (χ4v) is 13.8. The van der Waals surface area contributed by atoms with Crippen LogP contribution >= 0.6 is 15.9 Å². The van der Waals surface area contributed by atoms with E-state index in [9.17, 15) is 0 Å². The topological polar surface area (TPSA) is 25.1 Å². The van der Waals surface area contributed by atoms with Gasteiger partial charge in [0.2, 0.25) is 0 Å². The minimum Gasteiger partial charge on any atom is -0.356 e. The Morgan fingerprint density at radius 2 is 0.539 bits per heavy atom. The molecule has 420 valence electrons. The van der Waals surface area contributed by atoms with Crippen molar-refractivity contribution in [2.45, 2.75) is 0 Å². The molecule has 16 aromatic carbocycles. The largest absolute Gasteiger partial charge is 0.356 e. The molecule has 0 atom stereocenters. The van der Waals surface area contributed by atoms with E-state index in [1.165, 1.54) is 114 Å². The SMILES string of the molecule is Brc1ccc2c3ccccc3n(-c3ccccc3)c2c1.c1ccc(N(c2ccc3c4ccccc4c4ccccc4c3c2)c2ccc3c4ccccc4n(-c4ccccc4)c3c2)cc1.c1ccc(Nc2ccc3c4ccccc4c4ccccc4c3c2)cc1. The molecule has 0 aliphatic rings. The molecule has 2 heterocycles. The van der Waals surface area contributed by atoms with E-state index in [-0.39, 0.29) is 0 Å². The zero-order valence-electron chi connectivity index (χ0n) is 48.6. The summed E-state index contributed by atoms with van der Waals surface area (Å²) in [4.78, 5) is 2.38. The maximum absolute atomic E-state index is 3.58. The Bertz CT molecular complexity index is 5590. The Hall–Kier alpha value is -11.2. The summed E-state index contributed by atoms with van der Waals surface area (Å²) in [6.07, 6.45) is 0. The molecule has 0 saturated heterocycles. The number of nitrogens with one attached hydrogen (secondary N) is 1. The van der Waals surface area contributed by atoms with Crippen molar-refractivity contribution in [3.8, 4) is 11.4 Å². The van der Waals surface area contributed by atoms with E-state index in [1.54, 1.807) is 0 Å². The zero-order valence-corrected chi connectivity index (χ0v) is 50.1. The van der Waals surface area contributed by atoms with Gasteiger partial charge in [-0.1, -0.05) is 246 Å². The van der Waals surface area contributed by atoms with Crippen LogP contribution in [0.3, 0.4) is 0 Å². The molecule has 5 heteroatoms. The van der Waals surface area contributed by atoms with Crippen LogP contribution in [-0.2, 0) is 0 Å². The van der Waals surface area contributed by atoms with Crippen molar-refractivity contribution in [3.05, 3.63) is 344 Å². The van der Waals surface area contributed by atoms with E-state index in [1.807, 2.05) is 24.3 Å². The van der Waals surface area contributed by atoms with Crippen molar-refractivity contribution >= 4 is 153 Å². The first kappa shape index (κ1) is 53.2. The number of benzene rings is 16. The molecule has 0 saturated carbocycles. The van der Waals surface area contributed by atoms with Gasteiger partial charge in [-0.3, -0.25) is 0 Å². The Morgan fingerprint density at radius 1 is 0.213 bits per heavy atom. The van der Waals surface area contributed by atoms with Gasteiger partial charge >= 0.3 is 0 Å². The van der Waals surface area contributed by atoms with E-state index in [2.05, 4.69) is 351 Å². The lowest BCUT2D eigenvalue weighted by molar-refractivity contribution is 1.18. The molecule has 0 spiro atoms. The van der Waals surface area contributed by atoms with E-state index in [0.29, 0.717) is 0 Å². The first-order valence-electron chi connectivity index (χ1n) is 30.3. The number of para-hydroxylation sites is 6. The van der Waals surface area contributed by atoms with Gasteiger partial charge in [0.1, 0.15) is 0 Å². The molecule has 18 aromatic rings. The molecule has 89 heavy (non-hydrogen) atoms.